The zero-order chi connectivity index (χ0) is 19.2. The van der Waals surface area contributed by atoms with Crippen molar-refractivity contribution in [2.24, 2.45) is 0 Å². The molecule has 0 saturated heterocycles. The van der Waals surface area contributed by atoms with Gasteiger partial charge in [0.2, 0.25) is 5.91 Å². The molecule has 0 aliphatic heterocycles. The molecule has 8 heteroatoms. The number of amides is 1. The first-order chi connectivity index (χ1) is 13.0. The highest BCUT2D eigenvalue weighted by Crippen LogP contribution is 2.26. The molecule has 0 atom stereocenters. The van der Waals surface area contributed by atoms with Crippen molar-refractivity contribution in [3.63, 3.8) is 0 Å². The number of benzene rings is 1. The SMILES string of the molecule is CC(=O)Nc1cc(Oc2ccc(Nc3ncccc3C(=O)O)cc2)ccn1. The molecule has 3 rings (SSSR count). The predicted molar refractivity (Wildman–Crippen MR) is 99.5 cm³/mol. The van der Waals surface area contributed by atoms with Gasteiger partial charge < -0.3 is 20.5 Å². The lowest BCUT2D eigenvalue weighted by Crippen LogP contribution is -2.07. The van der Waals surface area contributed by atoms with Crippen LogP contribution in [0.2, 0.25) is 0 Å². The summed E-state index contributed by atoms with van der Waals surface area (Å²) in [6.07, 6.45) is 3.05. The highest BCUT2D eigenvalue weighted by atomic mass is 16.5. The molecule has 3 N–H and O–H groups in total. The Hall–Kier alpha value is -3.94. The van der Waals surface area contributed by atoms with Gasteiger partial charge in [0, 0.05) is 31.1 Å². The van der Waals surface area contributed by atoms with E-state index >= 15 is 0 Å². The topological polar surface area (TPSA) is 113 Å². The molecule has 0 aliphatic carbocycles. The van der Waals surface area contributed by atoms with Gasteiger partial charge in [0.25, 0.3) is 0 Å². The molecule has 0 radical (unpaired) electrons. The number of carboxylic acid groups (broad SMARTS) is 1. The molecule has 0 unspecified atom stereocenters. The van der Waals surface area contributed by atoms with E-state index in [4.69, 9.17) is 4.74 Å². The predicted octanol–water partition coefficient (Wildman–Crippen LogP) is 3.67. The van der Waals surface area contributed by atoms with Crippen LogP contribution in [0.4, 0.5) is 17.3 Å². The Bertz CT molecular complexity index is 973. The van der Waals surface area contributed by atoms with Crippen LogP contribution in [0.5, 0.6) is 11.5 Å². The third-order valence-electron chi connectivity index (χ3n) is 3.43. The Kier molecular flexibility index (Phi) is 5.27. The summed E-state index contributed by atoms with van der Waals surface area (Å²) in [4.78, 5) is 30.4. The van der Waals surface area contributed by atoms with Crippen molar-refractivity contribution in [2.75, 3.05) is 10.6 Å². The number of carbonyl (C=O) groups is 2. The van der Waals surface area contributed by atoms with Gasteiger partial charge in [-0.1, -0.05) is 0 Å². The van der Waals surface area contributed by atoms with E-state index in [0.717, 1.165) is 0 Å². The van der Waals surface area contributed by atoms with Crippen molar-refractivity contribution in [1.29, 1.82) is 0 Å². The number of aromatic nitrogens is 2. The van der Waals surface area contributed by atoms with Crippen molar-refractivity contribution in [2.45, 2.75) is 6.92 Å². The van der Waals surface area contributed by atoms with Crippen LogP contribution in [-0.2, 0) is 4.79 Å². The van der Waals surface area contributed by atoms with E-state index in [1.54, 1.807) is 42.5 Å². The highest BCUT2D eigenvalue weighted by Gasteiger charge is 2.10. The fourth-order valence-corrected chi connectivity index (χ4v) is 2.28. The van der Waals surface area contributed by atoms with E-state index in [2.05, 4.69) is 20.6 Å². The first-order valence-corrected chi connectivity index (χ1v) is 7.98. The molecule has 2 heterocycles. The number of hydrogen-bond acceptors (Lipinski definition) is 6. The van der Waals surface area contributed by atoms with Crippen molar-refractivity contribution < 1.29 is 19.4 Å². The molecule has 2 aromatic heterocycles. The van der Waals surface area contributed by atoms with Gasteiger partial charge in [0.05, 0.1) is 0 Å². The largest absolute Gasteiger partial charge is 0.478 e. The molecule has 0 saturated carbocycles. The maximum Gasteiger partial charge on any atom is 0.339 e. The number of ether oxygens (including phenoxy) is 1. The lowest BCUT2D eigenvalue weighted by molar-refractivity contribution is -0.114. The second-order valence-corrected chi connectivity index (χ2v) is 5.51. The molecule has 1 amide bonds. The zero-order valence-electron chi connectivity index (χ0n) is 14.3. The quantitative estimate of drug-likeness (QED) is 0.611. The van der Waals surface area contributed by atoms with Gasteiger partial charge >= 0.3 is 5.97 Å². The van der Waals surface area contributed by atoms with Crippen LogP contribution in [-0.4, -0.2) is 27.0 Å². The lowest BCUT2D eigenvalue weighted by Gasteiger charge is -2.10. The lowest BCUT2D eigenvalue weighted by atomic mass is 10.2. The van der Waals surface area contributed by atoms with E-state index in [1.165, 1.54) is 25.4 Å². The fraction of sp³-hybridized carbons (Fsp3) is 0.0526. The number of hydrogen-bond donors (Lipinski definition) is 3. The van der Waals surface area contributed by atoms with E-state index in [-0.39, 0.29) is 17.3 Å². The van der Waals surface area contributed by atoms with Gasteiger partial charge in [0.1, 0.15) is 28.7 Å². The van der Waals surface area contributed by atoms with Gasteiger partial charge in [-0.15, -0.1) is 0 Å². The van der Waals surface area contributed by atoms with Crippen LogP contribution < -0.4 is 15.4 Å². The Balaban J connectivity index is 1.71. The number of carbonyl (C=O) groups excluding carboxylic acids is 1. The summed E-state index contributed by atoms with van der Waals surface area (Å²) in [5, 5.41) is 14.8. The third kappa shape index (κ3) is 4.79. The van der Waals surface area contributed by atoms with E-state index in [0.29, 0.717) is 23.0 Å². The molecular formula is C19H16N4O4. The average molecular weight is 364 g/mol. The Morgan fingerprint density at radius 3 is 2.48 bits per heavy atom. The van der Waals surface area contributed by atoms with Crippen LogP contribution in [0.25, 0.3) is 0 Å². The van der Waals surface area contributed by atoms with E-state index in [9.17, 15) is 14.7 Å². The number of aromatic carboxylic acids is 1. The average Bonchev–Trinajstić information content (AvgIpc) is 2.63. The minimum absolute atomic E-state index is 0.0834. The molecule has 0 aliphatic rings. The summed E-state index contributed by atoms with van der Waals surface area (Å²) < 4.78 is 5.74. The van der Waals surface area contributed by atoms with Crippen LogP contribution in [0.15, 0.2) is 60.9 Å². The molecule has 1 aromatic carbocycles. The fourth-order valence-electron chi connectivity index (χ4n) is 2.28. The standard InChI is InChI=1S/C19H16N4O4/c1-12(24)22-17-11-15(8-10-20-17)27-14-6-4-13(5-7-14)23-18-16(19(25)26)3-2-9-21-18/h2-11H,1H3,(H,21,23)(H,25,26)(H,20,22,24). The maximum atomic E-state index is 11.2. The third-order valence-corrected chi connectivity index (χ3v) is 3.43. The van der Waals surface area contributed by atoms with Crippen molar-refractivity contribution in [1.82, 2.24) is 9.97 Å². The summed E-state index contributed by atoms with van der Waals surface area (Å²) in [5.41, 5.74) is 0.748. The van der Waals surface area contributed by atoms with E-state index < -0.39 is 5.97 Å². The van der Waals surface area contributed by atoms with Crippen molar-refractivity contribution in [3.05, 3.63) is 66.5 Å². The Morgan fingerprint density at radius 1 is 1.00 bits per heavy atom. The van der Waals surface area contributed by atoms with Crippen LogP contribution in [0, 0.1) is 0 Å². The molecule has 0 spiro atoms. The molecule has 27 heavy (non-hydrogen) atoms. The van der Waals surface area contributed by atoms with Crippen LogP contribution >= 0.6 is 0 Å². The Morgan fingerprint density at radius 2 is 1.78 bits per heavy atom. The number of nitrogens with zero attached hydrogens (tertiary/aromatic N) is 2. The zero-order valence-corrected chi connectivity index (χ0v) is 14.3. The van der Waals surface area contributed by atoms with Crippen molar-refractivity contribution in [3.8, 4) is 11.5 Å². The van der Waals surface area contributed by atoms with Crippen molar-refractivity contribution >= 4 is 29.2 Å². The number of carboxylic acids is 1. The normalized spacial score (nSPS) is 10.1. The number of anilines is 3. The van der Waals surface area contributed by atoms with Gasteiger partial charge in [-0.25, -0.2) is 14.8 Å². The minimum Gasteiger partial charge on any atom is -0.478 e. The number of pyridine rings is 2. The van der Waals surface area contributed by atoms with Gasteiger partial charge in [-0.3, -0.25) is 4.79 Å². The summed E-state index contributed by atoms with van der Waals surface area (Å²) in [5.74, 6) is 0.471. The monoisotopic (exact) mass is 364 g/mol. The molecule has 136 valence electrons. The highest BCUT2D eigenvalue weighted by molar-refractivity contribution is 5.93. The van der Waals surface area contributed by atoms with E-state index in [1.807, 2.05) is 0 Å². The maximum absolute atomic E-state index is 11.2. The second-order valence-electron chi connectivity index (χ2n) is 5.51. The Labute approximate surface area is 154 Å². The minimum atomic E-state index is -1.06. The molecule has 3 aromatic rings. The van der Waals surface area contributed by atoms with Gasteiger partial charge in [-0.05, 0) is 42.5 Å². The number of rotatable bonds is 6. The summed E-state index contributed by atoms with van der Waals surface area (Å²) in [6.45, 7) is 1.40. The van der Waals surface area contributed by atoms with Crippen LogP contribution in [0.3, 0.4) is 0 Å². The smallest absolute Gasteiger partial charge is 0.339 e. The van der Waals surface area contributed by atoms with Gasteiger partial charge in [-0.2, -0.15) is 0 Å². The molecule has 0 bridgehead atoms. The molecule has 0 fully saturated rings. The summed E-state index contributed by atoms with van der Waals surface area (Å²) >= 11 is 0. The first-order valence-electron chi connectivity index (χ1n) is 7.98. The molecule has 8 nitrogen and oxygen atoms in total. The first kappa shape index (κ1) is 17.9. The van der Waals surface area contributed by atoms with Gasteiger partial charge in [0.15, 0.2) is 0 Å². The number of nitrogens with one attached hydrogen (secondary N) is 2. The van der Waals surface area contributed by atoms with Crippen LogP contribution in [0.1, 0.15) is 17.3 Å². The summed E-state index contributed by atoms with van der Waals surface area (Å²) in [6, 6.07) is 13.3. The summed E-state index contributed by atoms with van der Waals surface area (Å²) in [7, 11) is 0. The molecular weight excluding hydrogens is 348 g/mol. The second kappa shape index (κ2) is 7.96.